The van der Waals surface area contributed by atoms with E-state index < -0.39 is 17.8 Å². The molecule has 33 heavy (non-hydrogen) atoms. The van der Waals surface area contributed by atoms with Gasteiger partial charge in [-0.15, -0.1) is 5.10 Å². The Morgan fingerprint density at radius 2 is 1.94 bits per heavy atom. The summed E-state index contributed by atoms with van der Waals surface area (Å²) in [7, 11) is 0. The van der Waals surface area contributed by atoms with Crippen molar-refractivity contribution in [2.75, 3.05) is 11.9 Å². The van der Waals surface area contributed by atoms with Gasteiger partial charge in [-0.1, -0.05) is 12.1 Å². The van der Waals surface area contributed by atoms with Gasteiger partial charge in [-0.05, 0) is 25.5 Å². The second-order valence-electron chi connectivity index (χ2n) is 7.33. The van der Waals surface area contributed by atoms with Crippen molar-refractivity contribution in [1.29, 1.82) is 0 Å². The molecule has 2 aromatic heterocycles. The summed E-state index contributed by atoms with van der Waals surface area (Å²) in [6, 6.07) is 5.88. The van der Waals surface area contributed by atoms with E-state index >= 15 is 0 Å². The van der Waals surface area contributed by atoms with Crippen molar-refractivity contribution in [3.05, 3.63) is 52.3 Å². The van der Waals surface area contributed by atoms with Crippen LogP contribution in [0.2, 0.25) is 0 Å². The topological polar surface area (TPSA) is 146 Å². The number of carboxylic acid groups (broad SMARTS) is 1. The first-order valence-electron chi connectivity index (χ1n) is 10.2. The van der Waals surface area contributed by atoms with Crippen molar-refractivity contribution in [3.8, 4) is 5.75 Å². The Morgan fingerprint density at radius 3 is 2.61 bits per heavy atom. The van der Waals surface area contributed by atoms with Crippen LogP contribution in [-0.4, -0.2) is 27.6 Å². The fraction of sp³-hybridized carbons (Fsp3) is 0.286. The predicted molar refractivity (Wildman–Crippen MR) is 113 cm³/mol. The minimum atomic E-state index is -1.30. The largest absolute Gasteiger partial charge is 0.710 e. The van der Waals surface area contributed by atoms with Crippen LogP contribution in [0, 0.1) is 23.2 Å². The summed E-state index contributed by atoms with van der Waals surface area (Å²) >= 11 is 0. The first kappa shape index (κ1) is 22.0. The second-order valence-corrected chi connectivity index (χ2v) is 7.33. The molecule has 0 saturated carbocycles. The number of hydrogen-bond donors (Lipinski definition) is 1. The van der Waals surface area contributed by atoms with Crippen molar-refractivity contribution in [2.45, 2.75) is 33.2 Å². The molecule has 4 rings (SSSR count). The number of aromatic nitrogens is 5. The number of halogens is 1. The lowest BCUT2D eigenvalue weighted by atomic mass is 10.2. The quantitative estimate of drug-likeness (QED) is 0.322. The molecule has 0 aliphatic rings. The lowest BCUT2D eigenvalue weighted by Gasteiger charge is -2.17. The first-order valence-corrected chi connectivity index (χ1v) is 10.2. The Bertz CT molecular complexity index is 1390. The van der Waals surface area contributed by atoms with Gasteiger partial charge >= 0.3 is 5.82 Å². The van der Waals surface area contributed by atoms with E-state index in [1.165, 1.54) is 17.7 Å². The van der Waals surface area contributed by atoms with Gasteiger partial charge in [0.1, 0.15) is 11.2 Å². The van der Waals surface area contributed by atoms with Gasteiger partial charge in [0.2, 0.25) is 5.52 Å². The molecule has 1 unspecified atom stereocenters. The number of benzene rings is 2. The normalized spacial score (nSPS) is 12.2. The van der Waals surface area contributed by atoms with Crippen LogP contribution in [0.1, 0.15) is 32.0 Å². The number of fused-ring (bicyclic) bond motifs is 2. The van der Waals surface area contributed by atoms with Crippen molar-refractivity contribution in [1.82, 2.24) is 15.0 Å². The molecule has 172 valence electrons. The first-order chi connectivity index (χ1) is 15.8. The van der Waals surface area contributed by atoms with Gasteiger partial charge in [0, 0.05) is 19.1 Å². The predicted octanol–water partition coefficient (Wildman–Crippen LogP) is 1.14. The molecule has 0 amide bonds. The van der Waals surface area contributed by atoms with E-state index in [4.69, 9.17) is 4.74 Å². The minimum Gasteiger partial charge on any atom is -0.710 e. The maximum atomic E-state index is 14.2. The summed E-state index contributed by atoms with van der Waals surface area (Å²) in [6.45, 7) is 4.96. The Labute approximate surface area is 186 Å². The summed E-state index contributed by atoms with van der Waals surface area (Å²) in [4.78, 5) is 11.5. The zero-order valence-electron chi connectivity index (χ0n) is 18.0. The summed E-state index contributed by atoms with van der Waals surface area (Å²) in [5, 5.41) is 48.1. The van der Waals surface area contributed by atoms with Crippen LogP contribution in [0.15, 0.2) is 30.3 Å². The molecule has 2 heterocycles. The van der Waals surface area contributed by atoms with E-state index in [9.17, 15) is 24.7 Å². The number of carbonyl (C=O) groups excluding carboxylic acids is 1. The third kappa shape index (κ3) is 3.69. The number of hydrogen-bond acceptors (Lipinski definition) is 8. The van der Waals surface area contributed by atoms with E-state index in [0.29, 0.717) is 26.2 Å². The number of rotatable bonds is 7. The van der Waals surface area contributed by atoms with Gasteiger partial charge in [-0.25, -0.2) is 19.1 Å². The number of nitrogens with zero attached hydrogens (tertiary/aromatic N) is 5. The molecule has 4 aromatic rings. The fourth-order valence-corrected chi connectivity index (χ4v) is 3.63. The van der Waals surface area contributed by atoms with E-state index in [1.807, 2.05) is 0 Å². The summed E-state index contributed by atoms with van der Waals surface area (Å²) in [6.07, 6.45) is 0.234. The molecule has 0 aliphatic carbocycles. The van der Waals surface area contributed by atoms with Crippen LogP contribution >= 0.6 is 0 Å². The van der Waals surface area contributed by atoms with E-state index in [1.54, 1.807) is 32.0 Å². The molecule has 1 N–H and O–H groups in total. The number of aliphatic carboxylic acids is 1. The molecular weight excluding hydrogens is 435 g/mol. The number of carboxylic acids is 1. The van der Waals surface area contributed by atoms with Crippen LogP contribution in [0.4, 0.5) is 15.9 Å². The highest BCUT2D eigenvalue weighted by Crippen LogP contribution is 2.26. The molecule has 2 aromatic carbocycles. The molecule has 0 saturated heterocycles. The monoisotopic (exact) mass is 455 g/mol. The van der Waals surface area contributed by atoms with Crippen molar-refractivity contribution in [3.63, 3.8) is 0 Å². The zero-order valence-corrected chi connectivity index (χ0v) is 18.0. The highest BCUT2D eigenvalue weighted by atomic mass is 19.1. The molecule has 0 radical (unpaired) electrons. The second kappa shape index (κ2) is 8.37. The molecule has 11 nitrogen and oxygen atoms in total. The molecule has 0 spiro atoms. The maximum absolute atomic E-state index is 14.2. The summed E-state index contributed by atoms with van der Waals surface area (Å²) in [5.74, 6) is -2.28. The standard InChI is InChI=1S/C21H21FN6O5/c1-4-15(21(29)30)26-16-8-12(6-7-14(16)24-25-26)23-20-11(3)27(31)17-9-13(22)19(33-5-2)10-18(17)28(20)32/h6-10,15,23H,4-5H2,1-3H3,(H,29,30)/p-1. The van der Waals surface area contributed by atoms with Gasteiger partial charge < -0.3 is 25.1 Å². The average molecular weight is 455 g/mol. The van der Waals surface area contributed by atoms with Crippen molar-refractivity contribution < 1.29 is 28.5 Å². The van der Waals surface area contributed by atoms with Gasteiger partial charge in [-0.3, -0.25) is 0 Å². The van der Waals surface area contributed by atoms with E-state index in [0.717, 1.165) is 6.07 Å². The third-order valence-corrected chi connectivity index (χ3v) is 5.30. The van der Waals surface area contributed by atoms with Gasteiger partial charge in [0.05, 0.1) is 30.2 Å². The average Bonchev–Trinajstić information content (AvgIpc) is 3.19. The number of nitrogens with one attached hydrogen (secondary N) is 1. The Hall–Kier alpha value is -4.22. The number of anilines is 2. The van der Waals surface area contributed by atoms with Crippen molar-refractivity contribution >= 4 is 39.5 Å². The Morgan fingerprint density at radius 1 is 1.21 bits per heavy atom. The highest BCUT2D eigenvalue weighted by molar-refractivity contribution is 5.82. The van der Waals surface area contributed by atoms with Crippen molar-refractivity contribution in [2.24, 2.45) is 0 Å². The summed E-state index contributed by atoms with van der Waals surface area (Å²) < 4.78 is 21.6. The molecule has 0 fully saturated rings. The fourth-order valence-electron chi connectivity index (χ4n) is 3.63. The van der Waals surface area contributed by atoms with Crippen LogP contribution < -0.4 is 24.6 Å². The third-order valence-electron chi connectivity index (χ3n) is 5.30. The summed E-state index contributed by atoms with van der Waals surface area (Å²) in [5.41, 5.74) is 1.02. The maximum Gasteiger partial charge on any atom is 0.352 e. The molecular formula is C21H20FN6O5-. The number of ether oxygens (including phenoxy) is 1. The van der Waals surface area contributed by atoms with Crippen LogP contribution in [0.25, 0.3) is 22.1 Å². The van der Waals surface area contributed by atoms with Gasteiger partial charge in [0.25, 0.3) is 11.2 Å². The molecule has 12 heteroatoms. The Balaban J connectivity index is 1.83. The van der Waals surface area contributed by atoms with Gasteiger partial charge in [0.15, 0.2) is 11.6 Å². The van der Waals surface area contributed by atoms with Crippen LogP contribution in [0.5, 0.6) is 5.75 Å². The molecule has 1 atom stereocenters. The van der Waals surface area contributed by atoms with Gasteiger partial charge in [-0.2, -0.15) is 4.73 Å². The lowest BCUT2D eigenvalue weighted by molar-refractivity contribution is -0.623. The van der Waals surface area contributed by atoms with E-state index in [2.05, 4.69) is 15.6 Å². The zero-order chi connectivity index (χ0) is 23.9. The number of carbonyl (C=O) groups is 1. The smallest absolute Gasteiger partial charge is 0.352 e. The SMILES string of the molecule is CCOc1cc2c(cc1F)[n+]([O-])c(C)c(Nc1ccc3nnn(C(CC)C(=O)[O-])c3c1)[n+]2[O-]. The van der Waals surface area contributed by atoms with Crippen LogP contribution in [-0.2, 0) is 4.79 Å². The Kier molecular flexibility index (Phi) is 5.58. The van der Waals surface area contributed by atoms with E-state index in [-0.39, 0.29) is 41.3 Å². The molecule has 0 aliphatic heterocycles. The minimum absolute atomic E-state index is 0.00830. The highest BCUT2D eigenvalue weighted by Gasteiger charge is 2.26. The molecule has 0 bridgehead atoms. The van der Waals surface area contributed by atoms with Crippen LogP contribution in [0.3, 0.4) is 0 Å². The lowest BCUT2D eigenvalue weighted by Crippen LogP contribution is -2.43.